The van der Waals surface area contributed by atoms with Gasteiger partial charge in [0.2, 0.25) is 0 Å². The number of benzene rings is 1. The lowest BCUT2D eigenvalue weighted by molar-refractivity contribution is 0.642. The van der Waals surface area contributed by atoms with E-state index < -0.39 is 0 Å². The van der Waals surface area contributed by atoms with Gasteiger partial charge in [0.15, 0.2) is 0 Å². The van der Waals surface area contributed by atoms with Crippen LogP contribution in [0, 0.1) is 0 Å². The Bertz CT molecular complexity index is 446. The van der Waals surface area contributed by atoms with Crippen LogP contribution < -0.4 is 5.73 Å². The number of hydrogen-bond donors (Lipinski definition) is 1. The van der Waals surface area contributed by atoms with Crippen LogP contribution in [0.4, 0.5) is 0 Å². The lowest BCUT2D eigenvalue weighted by atomic mass is 9.99. The van der Waals surface area contributed by atoms with Crippen LogP contribution in [0.25, 0.3) is 10.9 Å². The molecule has 0 spiro atoms. The molecule has 0 saturated heterocycles. The topological polar surface area (TPSA) is 38.9 Å². The minimum atomic E-state index is 0.128. The maximum atomic E-state index is 6.14. The lowest BCUT2D eigenvalue weighted by Crippen LogP contribution is -2.10. The zero-order chi connectivity index (χ0) is 10.7. The predicted molar refractivity (Wildman–Crippen MR) is 63.6 cm³/mol. The summed E-state index contributed by atoms with van der Waals surface area (Å²) in [6, 6.07) is 10.3. The van der Waals surface area contributed by atoms with Crippen molar-refractivity contribution in [2.75, 3.05) is 0 Å². The average molecular weight is 200 g/mol. The Labute approximate surface area is 90.1 Å². The van der Waals surface area contributed by atoms with Gasteiger partial charge in [0, 0.05) is 17.6 Å². The summed E-state index contributed by atoms with van der Waals surface area (Å²) < 4.78 is 0. The largest absolute Gasteiger partial charge is 0.324 e. The van der Waals surface area contributed by atoms with Crippen LogP contribution >= 0.6 is 0 Å². The molecule has 0 saturated carbocycles. The van der Waals surface area contributed by atoms with E-state index in [4.69, 9.17) is 5.73 Å². The summed E-state index contributed by atoms with van der Waals surface area (Å²) in [5.74, 6) is 0. The van der Waals surface area contributed by atoms with Gasteiger partial charge in [-0.3, -0.25) is 4.98 Å². The van der Waals surface area contributed by atoms with Crippen molar-refractivity contribution in [1.82, 2.24) is 4.98 Å². The van der Waals surface area contributed by atoms with E-state index in [1.54, 1.807) is 0 Å². The molecule has 78 valence electrons. The third-order valence-corrected chi connectivity index (χ3v) is 2.68. The molecule has 0 radical (unpaired) electrons. The number of para-hydroxylation sites is 1. The van der Waals surface area contributed by atoms with E-state index in [2.05, 4.69) is 18.0 Å². The van der Waals surface area contributed by atoms with Crippen LogP contribution in [-0.2, 0) is 0 Å². The lowest BCUT2D eigenvalue weighted by Gasteiger charge is -2.12. The quantitative estimate of drug-likeness (QED) is 0.827. The Kier molecular flexibility index (Phi) is 2.97. The summed E-state index contributed by atoms with van der Waals surface area (Å²) in [5.41, 5.74) is 8.38. The first-order valence-electron chi connectivity index (χ1n) is 5.42. The molecule has 1 aromatic heterocycles. The van der Waals surface area contributed by atoms with Crippen LogP contribution in [0.2, 0.25) is 0 Å². The van der Waals surface area contributed by atoms with E-state index in [1.807, 2.05) is 30.5 Å². The predicted octanol–water partition coefficient (Wildman–Crippen LogP) is 3.03. The summed E-state index contributed by atoms with van der Waals surface area (Å²) in [6.45, 7) is 2.16. The summed E-state index contributed by atoms with van der Waals surface area (Å²) in [6.07, 6.45) is 3.97. The number of nitrogens with two attached hydrogens (primary N) is 1. The van der Waals surface area contributed by atoms with Crippen molar-refractivity contribution in [3.05, 3.63) is 42.1 Å². The summed E-state index contributed by atoms with van der Waals surface area (Å²) >= 11 is 0. The fourth-order valence-corrected chi connectivity index (χ4v) is 1.91. The third kappa shape index (κ3) is 2.00. The smallest absolute Gasteiger partial charge is 0.0705 e. The molecule has 0 aliphatic heterocycles. The molecule has 2 nitrogen and oxygen atoms in total. The van der Waals surface area contributed by atoms with Gasteiger partial charge < -0.3 is 5.73 Å². The number of pyridine rings is 1. The van der Waals surface area contributed by atoms with E-state index in [-0.39, 0.29) is 6.04 Å². The molecule has 2 aromatic rings. The van der Waals surface area contributed by atoms with Gasteiger partial charge in [-0.2, -0.15) is 0 Å². The Morgan fingerprint density at radius 1 is 1.27 bits per heavy atom. The molecule has 0 aliphatic carbocycles. The van der Waals surface area contributed by atoms with Crippen LogP contribution in [0.15, 0.2) is 36.5 Å². The van der Waals surface area contributed by atoms with Gasteiger partial charge in [0.05, 0.1) is 5.52 Å². The number of nitrogens with zero attached hydrogens (tertiary/aromatic N) is 1. The van der Waals surface area contributed by atoms with Gasteiger partial charge in [0.25, 0.3) is 0 Å². The van der Waals surface area contributed by atoms with E-state index in [0.29, 0.717) is 0 Å². The first kappa shape index (κ1) is 10.1. The second-order valence-electron chi connectivity index (χ2n) is 3.81. The number of hydrogen-bond acceptors (Lipinski definition) is 2. The van der Waals surface area contributed by atoms with Crippen molar-refractivity contribution < 1.29 is 0 Å². The van der Waals surface area contributed by atoms with Gasteiger partial charge in [-0.25, -0.2) is 0 Å². The second kappa shape index (κ2) is 4.41. The van der Waals surface area contributed by atoms with Crippen molar-refractivity contribution in [2.45, 2.75) is 25.8 Å². The maximum absolute atomic E-state index is 6.14. The highest BCUT2D eigenvalue weighted by Crippen LogP contribution is 2.23. The molecule has 0 bridgehead atoms. The summed E-state index contributed by atoms with van der Waals surface area (Å²) in [5, 5.41) is 1.18. The zero-order valence-electron chi connectivity index (χ0n) is 8.98. The number of aromatic nitrogens is 1. The zero-order valence-corrected chi connectivity index (χ0v) is 8.98. The van der Waals surface area contributed by atoms with Crippen molar-refractivity contribution in [3.63, 3.8) is 0 Å². The minimum Gasteiger partial charge on any atom is -0.324 e. The molecule has 1 atom stereocenters. The van der Waals surface area contributed by atoms with Crippen LogP contribution in [0.3, 0.4) is 0 Å². The SMILES string of the molecule is CCCC(N)c1ccnc2ccccc12. The van der Waals surface area contributed by atoms with E-state index >= 15 is 0 Å². The molecule has 0 fully saturated rings. The normalized spacial score (nSPS) is 12.9. The van der Waals surface area contributed by atoms with Gasteiger partial charge in [-0.1, -0.05) is 31.5 Å². The monoisotopic (exact) mass is 200 g/mol. The molecular formula is C13H16N2. The number of rotatable bonds is 3. The molecule has 1 aromatic carbocycles. The molecule has 2 rings (SSSR count). The standard InChI is InChI=1S/C13H16N2/c1-2-5-12(14)10-8-9-15-13-7-4-3-6-11(10)13/h3-4,6-9,12H,2,5,14H2,1H3. The highest BCUT2D eigenvalue weighted by molar-refractivity contribution is 5.82. The first-order valence-corrected chi connectivity index (χ1v) is 5.42. The van der Waals surface area contributed by atoms with Crippen LogP contribution in [0.1, 0.15) is 31.4 Å². The molecule has 0 amide bonds. The highest BCUT2D eigenvalue weighted by atomic mass is 14.7. The van der Waals surface area contributed by atoms with Gasteiger partial charge >= 0.3 is 0 Å². The van der Waals surface area contributed by atoms with E-state index in [1.165, 1.54) is 10.9 Å². The summed E-state index contributed by atoms with van der Waals surface area (Å²) in [4.78, 5) is 4.33. The van der Waals surface area contributed by atoms with E-state index in [9.17, 15) is 0 Å². The van der Waals surface area contributed by atoms with Gasteiger partial charge in [-0.05, 0) is 24.1 Å². The minimum absolute atomic E-state index is 0.128. The molecule has 15 heavy (non-hydrogen) atoms. The molecule has 2 heteroatoms. The molecular weight excluding hydrogens is 184 g/mol. The van der Waals surface area contributed by atoms with Gasteiger partial charge in [0.1, 0.15) is 0 Å². The second-order valence-corrected chi connectivity index (χ2v) is 3.81. The third-order valence-electron chi connectivity index (χ3n) is 2.68. The fraction of sp³-hybridized carbons (Fsp3) is 0.308. The molecule has 2 N–H and O–H groups in total. The Hall–Kier alpha value is -1.41. The van der Waals surface area contributed by atoms with Crippen molar-refractivity contribution in [3.8, 4) is 0 Å². The summed E-state index contributed by atoms with van der Waals surface area (Å²) in [7, 11) is 0. The molecule has 1 heterocycles. The molecule has 0 aliphatic rings. The Balaban J connectivity index is 2.50. The number of fused-ring (bicyclic) bond motifs is 1. The van der Waals surface area contributed by atoms with Gasteiger partial charge in [-0.15, -0.1) is 0 Å². The van der Waals surface area contributed by atoms with Crippen molar-refractivity contribution in [1.29, 1.82) is 0 Å². The van der Waals surface area contributed by atoms with Crippen LogP contribution in [-0.4, -0.2) is 4.98 Å². The van der Waals surface area contributed by atoms with Crippen LogP contribution in [0.5, 0.6) is 0 Å². The van der Waals surface area contributed by atoms with E-state index in [0.717, 1.165) is 18.4 Å². The highest BCUT2D eigenvalue weighted by Gasteiger charge is 2.08. The molecule has 1 unspecified atom stereocenters. The Morgan fingerprint density at radius 2 is 2.07 bits per heavy atom. The van der Waals surface area contributed by atoms with Crippen molar-refractivity contribution >= 4 is 10.9 Å². The maximum Gasteiger partial charge on any atom is 0.0705 e. The average Bonchev–Trinajstić information content (AvgIpc) is 2.28. The Morgan fingerprint density at radius 3 is 2.87 bits per heavy atom. The van der Waals surface area contributed by atoms with Crippen molar-refractivity contribution in [2.24, 2.45) is 5.73 Å². The first-order chi connectivity index (χ1) is 7.33. The fourth-order valence-electron chi connectivity index (χ4n) is 1.91.